The van der Waals surface area contributed by atoms with Gasteiger partial charge in [-0.15, -0.1) is 11.3 Å². The number of rotatable bonds is 6. The van der Waals surface area contributed by atoms with Crippen molar-refractivity contribution in [3.63, 3.8) is 0 Å². The number of nitrogens with zero attached hydrogens (tertiary/aromatic N) is 5. The second-order valence-electron chi connectivity index (χ2n) is 5.13. The molecule has 0 saturated carbocycles. The van der Waals surface area contributed by atoms with Crippen molar-refractivity contribution in [2.24, 2.45) is 0 Å². The normalized spacial score (nSPS) is 12.5. The van der Waals surface area contributed by atoms with E-state index in [1.165, 1.54) is 4.88 Å². The molecule has 1 N–H and O–H groups in total. The summed E-state index contributed by atoms with van der Waals surface area (Å²) < 4.78 is 1.71. The number of benzene rings is 1. The SMILES string of the molecule is CN(C)[C@H](CNc1nnnn1-c1ccccc1)c1cccs1. The molecule has 0 radical (unpaired) electrons. The molecule has 1 atom stereocenters. The zero-order chi connectivity index (χ0) is 15.4. The van der Waals surface area contributed by atoms with Gasteiger partial charge in [0.15, 0.2) is 0 Å². The van der Waals surface area contributed by atoms with Crippen LogP contribution >= 0.6 is 11.3 Å². The van der Waals surface area contributed by atoms with Gasteiger partial charge in [-0.1, -0.05) is 29.4 Å². The summed E-state index contributed by atoms with van der Waals surface area (Å²) in [6, 6.07) is 14.4. The lowest BCUT2D eigenvalue weighted by Crippen LogP contribution is -2.27. The average Bonchev–Trinajstić information content (AvgIpc) is 3.19. The quantitative estimate of drug-likeness (QED) is 0.757. The van der Waals surface area contributed by atoms with Crippen molar-refractivity contribution in [3.05, 3.63) is 52.7 Å². The largest absolute Gasteiger partial charge is 0.351 e. The van der Waals surface area contributed by atoms with Crippen molar-refractivity contribution in [1.82, 2.24) is 25.1 Å². The molecule has 0 aliphatic carbocycles. The van der Waals surface area contributed by atoms with Gasteiger partial charge < -0.3 is 10.2 Å². The molecule has 0 saturated heterocycles. The minimum absolute atomic E-state index is 0.279. The Labute approximate surface area is 133 Å². The third kappa shape index (κ3) is 3.15. The van der Waals surface area contributed by atoms with Crippen LogP contribution in [0, 0.1) is 0 Å². The first kappa shape index (κ1) is 14.7. The van der Waals surface area contributed by atoms with E-state index in [-0.39, 0.29) is 6.04 Å². The fourth-order valence-corrected chi connectivity index (χ4v) is 3.17. The molecule has 22 heavy (non-hydrogen) atoms. The Balaban J connectivity index is 1.76. The number of hydrogen-bond acceptors (Lipinski definition) is 6. The van der Waals surface area contributed by atoms with Gasteiger partial charge in [0.2, 0.25) is 5.95 Å². The second kappa shape index (κ2) is 6.67. The van der Waals surface area contributed by atoms with Crippen molar-refractivity contribution in [2.45, 2.75) is 6.04 Å². The van der Waals surface area contributed by atoms with Gasteiger partial charge in [-0.2, -0.15) is 4.68 Å². The molecule has 114 valence electrons. The van der Waals surface area contributed by atoms with E-state index >= 15 is 0 Å². The maximum absolute atomic E-state index is 4.08. The third-order valence-electron chi connectivity index (χ3n) is 3.42. The van der Waals surface area contributed by atoms with Gasteiger partial charge in [0.1, 0.15) is 0 Å². The number of aromatic nitrogens is 4. The maximum atomic E-state index is 4.08. The lowest BCUT2D eigenvalue weighted by atomic mass is 10.2. The molecule has 0 fully saturated rings. The van der Waals surface area contributed by atoms with E-state index in [1.807, 2.05) is 30.3 Å². The Morgan fingerprint density at radius 2 is 2.00 bits per heavy atom. The zero-order valence-electron chi connectivity index (χ0n) is 12.5. The molecule has 1 aromatic carbocycles. The number of hydrogen-bond donors (Lipinski definition) is 1. The lowest BCUT2D eigenvalue weighted by Gasteiger charge is -2.23. The van der Waals surface area contributed by atoms with E-state index < -0.39 is 0 Å². The van der Waals surface area contributed by atoms with E-state index in [1.54, 1.807) is 16.0 Å². The Morgan fingerprint density at radius 3 is 2.68 bits per heavy atom. The highest BCUT2D eigenvalue weighted by atomic mass is 32.1. The highest BCUT2D eigenvalue weighted by Gasteiger charge is 2.16. The van der Waals surface area contributed by atoms with Crippen molar-refractivity contribution in [3.8, 4) is 5.69 Å². The number of anilines is 1. The van der Waals surface area contributed by atoms with Crippen LogP contribution < -0.4 is 5.32 Å². The molecular weight excluding hydrogens is 296 g/mol. The first-order chi connectivity index (χ1) is 10.8. The van der Waals surface area contributed by atoms with Gasteiger partial charge in [0, 0.05) is 11.4 Å². The first-order valence-electron chi connectivity index (χ1n) is 7.03. The standard InChI is InChI=1S/C15H18N6S/c1-20(2)13(14-9-6-10-22-14)11-16-15-17-18-19-21(15)12-7-4-3-5-8-12/h3-10,13H,11H2,1-2H3,(H,16,17,19)/t13-/m1/s1. The van der Waals surface area contributed by atoms with E-state index in [2.05, 4.69) is 57.4 Å². The third-order valence-corrected chi connectivity index (χ3v) is 4.39. The number of nitrogens with one attached hydrogen (secondary N) is 1. The summed E-state index contributed by atoms with van der Waals surface area (Å²) in [6.07, 6.45) is 0. The number of para-hydroxylation sites is 1. The van der Waals surface area contributed by atoms with Gasteiger partial charge >= 0.3 is 0 Å². The Hall–Kier alpha value is -2.25. The Kier molecular flexibility index (Phi) is 4.45. The van der Waals surface area contributed by atoms with E-state index in [0.717, 1.165) is 12.2 Å². The fourth-order valence-electron chi connectivity index (χ4n) is 2.25. The topological polar surface area (TPSA) is 58.9 Å². The van der Waals surface area contributed by atoms with Gasteiger partial charge in [-0.25, -0.2) is 0 Å². The molecule has 0 amide bonds. The average molecular weight is 314 g/mol. The van der Waals surface area contributed by atoms with Crippen LogP contribution in [0.5, 0.6) is 0 Å². The summed E-state index contributed by atoms with van der Waals surface area (Å²) in [6.45, 7) is 0.737. The molecule has 0 aliphatic heterocycles. The van der Waals surface area contributed by atoms with Gasteiger partial charge in [-0.3, -0.25) is 0 Å². The molecule has 0 aliphatic rings. The number of likely N-dealkylation sites (N-methyl/N-ethyl adjacent to an activating group) is 1. The van der Waals surface area contributed by atoms with Crippen molar-refractivity contribution in [2.75, 3.05) is 26.0 Å². The summed E-state index contributed by atoms with van der Waals surface area (Å²) in [7, 11) is 4.15. The highest BCUT2D eigenvalue weighted by Crippen LogP contribution is 2.23. The minimum Gasteiger partial charge on any atom is -0.351 e. The summed E-state index contributed by atoms with van der Waals surface area (Å²) in [5, 5.41) is 17.4. The molecule has 6 nitrogen and oxygen atoms in total. The first-order valence-corrected chi connectivity index (χ1v) is 7.91. The highest BCUT2D eigenvalue weighted by molar-refractivity contribution is 7.10. The summed E-state index contributed by atoms with van der Waals surface area (Å²) in [5.74, 6) is 0.648. The van der Waals surface area contributed by atoms with Crippen molar-refractivity contribution >= 4 is 17.3 Å². The summed E-state index contributed by atoms with van der Waals surface area (Å²) in [5.41, 5.74) is 0.938. The fraction of sp³-hybridized carbons (Fsp3) is 0.267. The van der Waals surface area contributed by atoms with Crippen LogP contribution in [0.15, 0.2) is 47.8 Å². The molecule has 7 heteroatoms. The van der Waals surface area contributed by atoms with Crippen LogP contribution in [0.1, 0.15) is 10.9 Å². The smallest absolute Gasteiger partial charge is 0.247 e. The molecular formula is C15H18N6S. The Morgan fingerprint density at radius 1 is 1.18 bits per heavy atom. The van der Waals surface area contributed by atoms with Gasteiger partial charge in [0.25, 0.3) is 0 Å². The molecule has 3 rings (SSSR count). The molecule has 2 aromatic heterocycles. The summed E-state index contributed by atoms with van der Waals surface area (Å²) in [4.78, 5) is 3.51. The predicted octanol–water partition coefficient (Wildman–Crippen LogP) is 2.44. The molecule has 0 unspecified atom stereocenters. The van der Waals surface area contributed by atoms with Crippen molar-refractivity contribution < 1.29 is 0 Å². The number of tetrazole rings is 1. The van der Waals surface area contributed by atoms with Crippen LogP contribution in [0.25, 0.3) is 5.69 Å². The van der Waals surface area contributed by atoms with Crippen molar-refractivity contribution in [1.29, 1.82) is 0 Å². The monoisotopic (exact) mass is 314 g/mol. The second-order valence-corrected chi connectivity index (χ2v) is 6.10. The maximum Gasteiger partial charge on any atom is 0.247 e. The van der Waals surface area contributed by atoms with Crippen LogP contribution in [-0.4, -0.2) is 45.7 Å². The molecule has 3 aromatic rings. The van der Waals surface area contributed by atoms with Crippen LogP contribution in [0.3, 0.4) is 0 Å². The zero-order valence-corrected chi connectivity index (χ0v) is 13.4. The molecule has 0 spiro atoms. The van der Waals surface area contributed by atoms with Crippen LogP contribution in [-0.2, 0) is 0 Å². The molecule has 2 heterocycles. The van der Waals surface area contributed by atoms with E-state index in [9.17, 15) is 0 Å². The van der Waals surface area contributed by atoms with Crippen LogP contribution in [0.2, 0.25) is 0 Å². The Bertz CT molecular complexity index is 692. The predicted molar refractivity (Wildman–Crippen MR) is 88.4 cm³/mol. The summed E-state index contributed by atoms with van der Waals surface area (Å²) >= 11 is 1.76. The van der Waals surface area contributed by atoms with E-state index in [0.29, 0.717) is 5.95 Å². The van der Waals surface area contributed by atoms with E-state index in [4.69, 9.17) is 0 Å². The van der Waals surface area contributed by atoms with Gasteiger partial charge in [-0.05, 0) is 48.1 Å². The van der Waals surface area contributed by atoms with Crippen LogP contribution in [0.4, 0.5) is 5.95 Å². The lowest BCUT2D eigenvalue weighted by molar-refractivity contribution is 0.315. The molecule has 0 bridgehead atoms. The minimum atomic E-state index is 0.279. The van der Waals surface area contributed by atoms with Gasteiger partial charge in [0.05, 0.1) is 11.7 Å². The number of thiophene rings is 1.